The van der Waals surface area contributed by atoms with E-state index in [0.717, 1.165) is 22.4 Å². The third-order valence-electron chi connectivity index (χ3n) is 8.37. The molecule has 1 aliphatic heterocycles. The molecule has 278 valence electrons. The number of alkyl halides is 3. The first-order chi connectivity index (χ1) is 25.2. The number of carbonyl (C=O) groups excluding carboxylic acids is 2. The molecule has 0 spiro atoms. The van der Waals surface area contributed by atoms with Crippen molar-refractivity contribution in [3.05, 3.63) is 88.6 Å². The second-order valence-electron chi connectivity index (χ2n) is 12.1. The number of esters is 1. The summed E-state index contributed by atoms with van der Waals surface area (Å²) in [6.07, 6.45) is 5.10. The molecular formula is C35H34ClF3N8O6. The van der Waals surface area contributed by atoms with E-state index in [9.17, 15) is 27.6 Å². The number of carboxylic acids is 1. The van der Waals surface area contributed by atoms with Gasteiger partial charge in [-0.1, -0.05) is 31.0 Å². The molecule has 1 aliphatic rings. The Balaban J connectivity index is 0.000000705. The summed E-state index contributed by atoms with van der Waals surface area (Å²) in [5, 5.41) is 19.3. The number of pyridine rings is 1. The summed E-state index contributed by atoms with van der Waals surface area (Å²) in [6.45, 7) is 3.91. The summed E-state index contributed by atoms with van der Waals surface area (Å²) in [5.74, 6) is -3.45. The summed E-state index contributed by atoms with van der Waals surface area (Å²) in [4.78, 5) is 57.1. The quantitative estimate of drug-likeness (QED) is 0.203. The maximum Gasteiger partial charge on any atom is 0.490 e. The molecule has 53 heavy (non-hydrogen) atoms. The van der Waals surface area contributed by atoms with E-state index in [2.05, 4.69) is 20.5 Å². The van der Waals surface area contributed by atoms with Gasteiger partial charge in [0.25, 0.3) is 5.56 Å². The molecule has 18 heteroatoms. The summed E-state index contributed by atoms with van der Waals surface area (Å²) in [5.41, 5.74) is 5.22. The summed E-state index contributed by atoms with van der Waals surface area (Å²) >= 11 is 6.41. The Morgan fingerprint density at radius 2 is 1.79 bits per heavy atom. The number of benzene rings is 1. The zero-order valence-electron chi connectivity index (χ0n) is 28.7. The Bertz CT molecular complexity index is 2200. The molecule has 0 saturated carbocycles. The predicted molar refractivity (Wildman–Crippen MR) is 187 cm³/mol. The van der Waals surface area contributed by atoms with E-state index in [0.29, 0.717) is 46.9 Å². The minimum absolute atomic E-state index is 0.0208. The standard InChI is InChI=1S/C33H33ClN8O4.C2HF3O2/c1-4-46-31(44)18-41-17-22(15-38-41)24-9-8-23(34)13-25(24)26-14-30(43)42(19-36-26)29-7-5-6-20(2)33(45)39-28-16-37-40(3)32(28)21-10-11-35-27(29)12-21;3-2(4,5)1(6)7/h8-17,19-20,29H,4-7,18H2,1-3H3,(H,39,45);(H,6,7)/t20-,29+;/m1./s1. The molecule has 0 fully saturated rings. The van der Waals surface area contributed by atoms with Crippen LogP contribution in [0.2, 0.25) is 5.02 Å². The number of nitrogens with one attached hydrogen (secondary N) is 1. The minimum Gasteiger partial charge on any atom is -0.475 e. The van der Waals surface area contributed by atoms with Gasteiger partial charge >= 0.3 is 18.1 Å². The average molecular weight is 755 g/mol. The summed E-state index contributed by atoms with van der Waals surface area (Å²) in [6, 6.07) is 10.2. The number of aliphatic carboxylic acids is 1. The van der Waals surface area contributed by atoms with Crippen molar-refractivity contribution < 1.29 is 37.4 Å². The molecule has 5 aromatic rings. The van der Waals surface area contributed by atoms with Crippen LogP contribution >= 0.6 is 11.6 Å². The molecule has 1 amide bonds. The van der Waals surface area contributed by atoms with Crippen LogP contribution in [0.4, 0.5) is 18.9 Å². The number of rotatable bonds is 6. The number of aryl methyl sites for hydroxylation is 1. The monoisotopic (exact) mass is 754 g/mol. The van der Waals surface area contributed by atoms with E-state index in [1.54, 1.807) is 59.4 Å². The van der Waals surface area contributed by atoms with Crippen molar-refractivity contribution in [3.8, 4) is 33.6 Å². The predicted octanol–water partition coefficient (Wildman–Crippen LogP) is 5.77. The van der Waals surface area contributed by atoms with E-state index in [1.165, 1.54) is 10.7 Å². The number of aromatic nitrogens is 7. The first-order valence-electron chi connectivity index (χ1n) is 16.3. The van der Waals surface area contributed by atoms with E-state index in [1.807, 2.05) is 32.2 Å². The second-order valence-corrected chi connectivity index (χ2v) is 12.5. The average Bonchev–Trinajstić information content (AvgIpc) is 3.72. The smallest absolute Gasteiger partial charge is 0.475 e. The van der Waals surface area contributed by atoms with Gasteiger partial charge in [-0.2, -0.15) is 23.4 Å². The highest BCUT2D eigenvalue weighted by atomic mass is 35.5. The molecule has 0 saturated heterocycles. The molecule has 2 atom stereocenters. The lowest BCUT2D eigenvalue weighted by Gasteiger charge is -2.22. The van der Waals surface area contributed by atoms with Crippen LogP contribution in [-0.2, 0) is 32.7 Å². The summed E-state index contributed by atoms with van der Waals surface area (Å²) < 4.78 is 41.6. The highest BCUT2D eigenvalue weighted by molar-refractivity contribution is 6.31. The van der Waals surface area contributed by atoms with Crippen molar-refractivity contribution in [1.82, 2.24) is 34.1 Å². The topological polar surface area (TPSA) is 176 Å². The number of fused-ring (bicyclic) bond motifs is 4. The van der Waals surface area contributed by atoms with Gasteiger partial charge in [-0.25, -0.2) is 9.78 Å². The van der Waals surface area contributed by atoms with Gasteiger partial charge in [0.2, 0.25) is 5.91 Å². The van der Waals surface area contributed by atoms with Crippen LogP contribution in [0, 0.1) is 5.92 Å². The first-order valence-corrected chi connectivity index (χ1v) is 16.7. The van der Waals surface area contributed by atoms with Crippen LogP contribution in [0.25, 0.3) is 33.6 Å². The van der Waals surface area contributed by atoms with Gasteiger partial charge in [0.15, 0.2) is 0 Å². The van der Waals surface area contributed by atoms with Crippen molar-refractivity contribution in [1.29, 1.82) is 0 Å². The van der Waals surface area contributed by atoms with Crippen molar-refractivity contribution in [3.63, 3.8) is 0 Å². The fraction of sp³-hybridized carbons (Fsp3) is 0.314. The van der Waals surface area contributed by atoms with Gasteiger partial charge in [-0.3, -0.25) is 33.3 Å². The molecule has 0 radical (unpaired) electrons. The number of ether oxygens (including phenoxy) is 1. The maximum absolute atomic E-state index is 13.8. The molecular weight excluding hydrogens is 721 g/mol. The molecule has 2 bridgehead atoms. The van der Waals surface area contributed by atoms with Crippen LogP contribution in [0.15, 0.2) is 72.3 Å². The first kappa shape index (κ1) is 38.4. The fourth-order valence-corrected chi connectivity index (χ4v) is 5.95. The molecule has 6 rings (SSSR count). The van der Waals surface area contributed by atoms with Crippen molar-refractivity contribution >= 4 is 35.1 Å². The van der Waals surface area contributed by atoms with Crippen molar-refractivity contribution in [2.24, 2.45) is 13.0 Å². The third-order valence-corrected chi connectivity index (χ3v) is 8.60. The molecule has 2 N–H and O–H groups in total. The van der Waals surface area contributed by atoms with Crippen molar-refractivity contribution in [2.45, 2.75) is 51.9 Å². The third kappa shape index (κ3) is 9.15. The SMILES string of the molecule is CCOC(=O)Cn1cc(-c2ccc(Cl)cc2-c2cc(=O)n([C@H]3CCC[C@@H](C)C(=O)Nc4cnn(C)c4-c4ccnc3c4)cn2)cn1.O=C(O)C(F)(F)F. The zero-order chi connectivity index (χ0) is 38.4. The van der Waals surface area contributed by atoms with Gasteiger partial charge in [-0.05, 0) is 49.6 Å². The number of carboxylic acid groups (broad SMARTS) is 1. The number of anilines is 1. The number of halogens is 4. The van der Waals surface area contributed by atoms with E-state index >= 15 is 0 Å². The Morgan fingerprint density at radius 1 is 1.04 bits per heavy atom. The van der Waals surface area contributed by atoms with E-state index in [4.69, 9.17) is 31.2 Å². The lowest BCUT2D eigenvalue weighted by atomic mass is 9.96. The minimum atomic E-state index is -5.08. The van der Waals surface area contributed by atoms with Gasteiger partial charge < -0.3 is 15.2 Å². The molecule has 0 unspecified atom stereocenters. The van der Waals surface area contributed by atoms with Gasteiger partial charge in [0.1, 0.15) is 6.54 Å². The molecule has 0 aliphatic carbocycles. The van der Waals surface area contributed by atoms with Crippen LogP contribution in [0.3, 0.4) is 0 Å². The lowest BCUT2D eigenvalue weighted by molar-refractivity contribution is -0.192. The Kier molecular flexibility index (Phi) is 11.8. The normalized spacial score (nSPS) is 15.9. The van der Waals surface area contributed by atoms with E-state index < -0.39 is 18.2 Å². The highest BCUT2D eigenvalue weighted by Gasteiger charge is 2.38. The van der Waals surface area contributed by atoms with Crippen LogP contribution < -0.4 is 10.9 Å². The number of hydrogen-bond acceptors (Lipinski definition) is 9. The van der Waals surface area contributed by atoms with Crippen LogP contribution in [0.5, 0.6) is 0 Å². The lowest BCUT2D eigenvalue weighted by Crippen LogP contribution is -2.27. The number of carbonyl (C=O) groups is 3. The molecule has 4 aromatic heterocycles. The van der Waals surface area contributed by atoms with Gasteiger partial charge in [0.05, 0.1) is 54.1 Å². The van der Waals surface area contributed by atoms with Gasteiger partial charge in [-0.15, -0.1) is 0 Å². The molecule has 14 nitrogen and oxygen atoms in total. The molecule has 5 heterocycles. The second kappa shape index (κ2) is 16.2. The highest BCUT2D eigenvalue weighted by Crippen LogP contribution is 2.35. The largest absolute Gasteiger partial charge is 0.490 e. The Morgan fingerprint density at radius 3 is 2.49 bits per heavy atom. The number of hydrogen-bond donors (Lipinski definition) is 2. The molecule has 1 aromatic carbocycles. The zero-order valence-corrected chi connectivity index (χ0v) is 29.4. The van der Waals surface area contributed by atoms with Crippen molar-refractivity contribution in [2.75, 3.05) is 11.9 Å². The van der Waals surface area contributed by atoms with E-state index in [-0.39, 0.29) is 36.5 Å². The Hall–Kier alpha value is -5.84. The number of amides is 1. The van der Waals surface area contributed by atoms with Gasteiger partial charge in [0, 0.05) is 53.1 Å². The summed E-state index contributed by atoms with van der Waals surface area (Å²) in [7, 11) is 1.82. The maximum atomic E-state index is 13.8. The number of nitrogens with zero attached hydrogens (tertiary/aromatic N) is 7. The van der Waals surface area contributed by atoms with Crippen LogP contribution in [0.1, 0.15) is 44.8 Å². The Labute approximate surface area is 305 Å². The fourth-order valence-electron chi connectivity index (χ4n) is 5.78. The van der Waals surface area contributed by atoms with Crippen LogP contribution in [-0.4, -0.2) is 69.8 Å².